The van der Waals surface area contributed by atoms with Crippen LogP contribution in [0.5, 0.6) is 0 Å². The summed E-state index contributed by atoms with van der Waals surface area (Å²) in [6.07, 6.45) is 11.2. The Bertz CT molecular complexity index is 709. The van der Waals surface area contributed by atoms with Gasteiger partial charge in [-0.1, -0.05) is 0 Å². The van der Waals surface area contributed by atoms with E-state index in [0.717, 1.165) is 11.1 Å². The fourth-order valence-corrected chi connectivity index (χ4v) is 20.3. The zero-order valence-corrected chi connectivity index (χ0v) is 20.9. The second-order valence-corrected chi connectivity index (χ2v) is 20.9. The van der Waals surface area contributed by atoms with E-state index in [4.69, 9.17) is 22.3 Å². The van der Waals surface area contributed by atoms with Crippen molar-refractivity contribution in [2.75, 3.05) is 5.73 Å². The van der Waals surface area contributed by atoms with Gasteiger partial charge in [-0.05, 0) is 0 Å². The molecule has 0 aliphatic carbocycles. The van der Waals surface area contributed by atoms with Crippen molar-refractivity contribution in [1.29, 1.82) is 0 Å². The molecule has 0 saturated heterocycles. The summed E-state index contributed by atoms with van der Waals surface area (Å²) < 4.78 is 6.95. The first-order chi connectivity index (χ1) is 13.0. The van der Waals surface area contributed by atoms with Gasteiger partial charge >= 0.3 is 173 Å². The molecule has 0 unspecified atom stereocenters. The molecule has 0 amide bonds. The van der Waals surface area contributed by atoms with Crippen LogP contribution in [0, 0.1) is 0 Å². The normalized spacial score (nSPS) is 11.9. The first-order valence-electron chi connectivity index (χ1n) is 10.3. The van der Waals surface area contributed by atoms with Crippen molar-refractivity contribution in [2.24, 2.45) is 7.05 Å². The summed E-state index contributed by atoms with van der Waals surface area (Å²) >= 11 is 3.78. The Hall–Kier alpha value is -0.821. The van der Waals surface area contributed by atoms with Gasteiger partial charge in [0.1, 0.15) is 0 Å². The van der Waals surface area contributed by atoms with Crippen LogP contribution in [0.25, 0.3) is 11.1 Å². The fourth-order valence-electron chi connectivity index (χ4n) is 3.88. The van der Waals surface area contributed by atoms with E-state index in [1.54, 1.807) is 4.68 Å². The molecule has 0 fully saturated rings. The van der Waals surface area contributed by atoms with E-state index in [0.29, 0.717) is 11.1 Å². The molecule has 0 aliphatic heterocycles. The number of hydrogen-bond donors (Lipinski definition) is 1. The Morgan fingerprint density at radius 1 is 0.963 bits per heavy atom. The Balaban J connectivity index is 2.64. The summed E-state index contributed by atoms with van der Waals surface area (Å²) in [5.74, 6) is 0.388. The molecule has 0 radical (unpaired) electrons. The first kappa shape index (κ1) is 22.5. The zero-order valence-electron chi connectivity index (χ0n) is 17.3. The third-order valence-corrected chi connectivity index (χ3v) is 21.1. The second-order valence-electron chi connectivity index (χ2n) is 7.55. The number of halogens is 1. The molecule has 150 valence electrons. The summed E-state index contributed by atoms with van der Waals surface area (Å²) in [6.45, 7) is 6.84. The standard InChI is InChI=1S/C8H7ClN5.3C4H9.Sn/c1-14-7(9)6(4-13-14)5-2-11-8(10)12-3-5;3*1-3-4-2;/h2,4H,1H3,(H2,10,11,12);3*1,3-4H2,2H3;. The molecule has 7 heteroatoms. The van der Waals surface area contributed by atoms with E-state index in [1.807, 2.05) is 19.4 Å². The average Bonchev–Trinajstić information content (AvgIpc) is 3.00. The van der Waals surface area contributed by atoms with E-state index in [1.165, 1.54) is 55.5 Å². The Labute approximate surface area is 173 Å². The number of aryl methyl sites for hydroxylation is 1. The van der Waals surface area contributed by atoms with Crippen LogP contribution in [0.4, 0.5) is 5.95 Å². The Morgan fingerprint density at radius 2 is 1.52 bits per heavy atom. The SMILES string of the molecule is CCC[CH2][Sn]([CH2]CCC)([CH2]CCC)[c]1nc(N)ncc1-c1cnn(C)c1Cl. The number of nitrogens with zero attached hydrogens (tertiary/aromatic N) is 4. The summed E-state index contributed by atoms with van der Waals surface area (Å²) in [4.78, 5) is 9.22. The summed E-state index contributed by atoms with van der Waals surface area (Å²) in [6, 6.07) is 0. The van der Waals surface area contributed by atoms with Gasteiger partial charge in [0.25, 0.3) is 0 Å². The second kappa shape index (κ2) is 10.6. The Kier molecular flexibility index (Phi) is 8.86. The van der Waals surface area contributed by atoms with Crippen LogP contribution in [0.15, 0.2) is 12.4 Å². The molecule has 2 aromatic rings. The van der Waals surface area contributed by atoms with Gasteiger partial charge < -0.3 is 0 Å². The van der Waals surface area contributed by atoms with E-state index < -0.39 is 18.4 Å². The van der Waals surface area contributed by atoms with E-state index in [2.05, 4.69) is 30.9 Å². The maximum absolute atomic E-state index is 6.56. The fraction of sp³-hybridized carbons (Fsp3) is 0.650. The molecular formula is C20H34ClN5Sn. The molecule has 2 heterocycles. The number of anilines is 1. The van der Waals surface area contributed by atoms with Crippen LogP contribution in [0.3, 0.4) is 0 Å². The monoisotopic (exact) mass is 499 g/mol. The van der Waals surface area contributed by atoms with Crippen molar-refractivity contribution in [2.45, 2.75) is 72.6 Å². The van der Waals surface area contributed by atoms with Gasteiger partial charge in [0.15, 0.2) is 0 Å². The summed E-state index contributed by atoms with van der Waals surface area (Å²) in [7, 11) is 1.87. The number of aromatic nitrogens is 4. The van der Waals surface area contributed by atoms with E-state index >= 15 is 0 Å². The average molecular weight is 499 g/mol. The predicted molar refractivity (Wildman–Crippen MR) is 118 cm³/mol. The molecular weight excluding hydrogens is 464 g/mol. The van der Waals surface area contributed by atoms with Crippen LogP contribution in [-0.4, -0.2) is 38.1 Å². The van der Waals surface area contributed by atoms with Gasteiger partial charge in [0.05, 0.1) is 0 Å². The molecule has 0 saturated carbocycles. The number of hydrogen-bond acceptors (Lipinski definition) is 4. The van der Waals surface area contributed by atoms with Gasteiger partial charge in [-0.15, -0.1) is 0 Å². The van der Waals surface area contributed by atoms with Crippen molar-refractivity contribution < 1.29 is 0 Å². The third kappa shape index (κ3) is 5.37. The van der Waals surface area contributed by atoms with Gasteiger partial charge in [0, 0.05) is 0 Å². The zero-order chi connectivity index (χ0) is 19.9. The van der Waals surface area contributed by atoms with Gasteiger partial charge in [0.2, 0.25) is 0 Å². The minimum atomic E-state index is -2.78. The maximum atomic E-state index is 6.56. The summed E-state index contributed by atoms with van der Waals surface area (Å²) in [5, 5.41) is 4.99. The molecule has 2 rings (SSSR count). The van der Waals surface area contributed by atoms with Crippen LogP contribution < -0.4 is 9.44 Å². The van der Waals surface area contributed by atoms with Crippen LogP contribution in [0.2, 0.25) is 18.5 Å². The van der Waals surface area contributed by atoms with Crippen LogP contribution >= 0.6 is 11.6 Å². The van der Waals surface area contributed by atoms with Gasteiger partial charge in [-0.2, -0.15) is 0 Å². The third-order valence-electron chi connectivity index (χ3n) is 5.49. The van der Waals surface area contributed by atoms with Gasteiger partial charge in [-0.3, -0.25) is 0 Å². The van der Waals surface area contributed by atoms with Crippen LogP contribution in [0.1, 0.15) is 59.3 Å². The van der Waals surface area contributed by atoms with Crippen LogP contribution in [-0.2, 0) is 7.05 Å². The molecule has 0 aliphatic rings. The predicted octanol–water partition coefficient (Wildman–Crippen LogP) is 5.17. The first-order valence-corrected chi connectivity index (χ1v) is 18.2. The van der Waals surface area contributed by atoms with E-state index in [9.17, 15) is 0 Å². The van der Waals surface area contributed by atoms with Gasteiger partial charge in [-0.25, -0.2) is 0 Å². The molecule has 0 bridgehead atoms. The molecule has 5 nitrogen and oxygen atoms in total. The molecule has 0 atom stereocenters. The van der Waals surface area contributed by atoms with E-state index in [-0.39, 0.29) is 0 Å². The number of unbranched alkanes of at least 4 members (excludes halogenated alkanes) is 3. The molecule has 0 spiro atoms. The van der Waals surface area contributed by atoms with Crippen molar-refractivity contribution in [3.8, 4) is 11.1 Å². The molecule has 2 aromatic heterocycles. The number of nitrogens with two attached hydrogens (primary N) is 1. The molecule has 0 aromatic carbocycles. The number of nitrogen functional groups attached to an aromatic ring is 1. The Morgan fingerprint density at radius 3 is 1.96 bits per heavy atom. The van der Waals surface area contributed by atoms with Crippen molar-refractivity contribution in [3.63, 3.8) is 0 Å². The topological polar surface area (TPSA) is 69.6 Å². The quantitative estimate of drug-likeness (QED) is 0.434. The molecule has 2 N–H and O–H groups in total. The summed E-state index contributed by atoms with van der Waals surface area (Å²) in [5.41, 5.74) is 8.10. The van der Waals surface area contributed by atoms with Crippen molar-refractivity contribution >= 4 is 39.6 Å². The number of rotatable bonds is 11. The van der Waals surface area contributed by atoms with Crippen molar-refractivity contribution in [1.82, 2.24) is 19.7 Å². The minimum absolute atomic E-state index is 0.388. The van der Waals surface area contributed by atoms with Crippen molar-refractivity contribution in [3.05, 3.63) is 17.5 Å². The molecule has 27 heavy (non-hydrogen) atoms.